The van der Waals surface area contributed by atoms with E-state index in [2.05, 4.69) is 15.5 Å². The lowest BCUT2D eigenvalue weighted by molar-refractivity contribution is 0.628. The SMILES string of the molecule is Fc1ccc(Cl)c(C=NNc2nc(-c3ccccc3)cs2)c1Cl. The predicted octanol–water partition coefficient (Wildman–Crippen LogP) is 5.70. The van der Waals surface area contributed by atoms with Crippen LogP contribution in [-0.2, 0) is 0 Å². The Morgan fingerprint density at radius 1 is 1.13 bits per heavy atom. The van der Waals surface area contributed by atoms with Gasteiger partial charge in [0.25, 0.3) is 0 Å². The molecule has 1 aromatic heterocycles. The van der Waals surface area contributed by atoms with E-state index >= 15 is 0 Å². The molecule has 0 saturated heterocycles. The van der Waals surface area contributed by atoms with Crippen molar-refractivity contribution in [1.82, 2.24) is 4.98 Å². The van der Waals surface area contributed by atoms with Gasteiger partial charge in [-0.15, -0.1) is 11.3 Å². The van der Waals surface area contributed by atoms with Gasteiger partial charge in [-0.05, 0) is 12.1 Å². The Morgan fingerprint density at radius 3 is 2.70 bits per heavy atom. The molecule has 7 heteroatoms. The van der Waals surface area contributed by atoms with E-state index in [1.807, 2.05) is 35.7 Å². The summed E-state index contributed by atoms with van der Waals surface area (Å²) in [4.78, 5) is 4.43. The first-order valence-electron chi connectivity index (χ1n) is 6.58. The number of nitrogens with one attached hydrogen (secondary N) is 1. The molecule has 0 unspecified atom stereocenters. The number of halogens is 3. The fraction of sp³-hybridized carbons (Fsp3) is 0. The molecule has 0 aliphatic rings. The van der Waals surface area contributed by atoms with Gasteiger partial charge < -0.3 is 0 Å². The van der Waals surface area contributed by atoms with Crippen LogP contribution in [0.5, 0.6) is 0 Å². The lowest BCUT2D eigenvalue weighted by Gasteiger charge is -2.02. The van der Waals surface area contributed by atoms with E-state index in [9.17, 15) is 4.39 Å². The van der Waals surface area contributed by atoms with E-state index in [4.69, 9.17) is 23.2 Å². The highest BCUT2D eigenvalue weighted by Gasteiger charge is 2.09. The summed E-state index contributed by atoms with van der Waals surface area (Å²) in [6.45, 7) is 0. The van der Waals surface area contributed by atoms with Crippen LogP contribution >= 0.6 is 34.5 Å². The molecule has 3 aromatic rings. The maximum atomic E-state index is 13.4. The van der Waals surface area contributed by atoms with Gasteiger partial charge in [-0.3, -0.25) is 5.43 Å². The standard InChI is InChI=1S/C16H10Cl2FN3S/c17-12-6-7-13(19)15(18)11(12)8-20-22-16-21-14(9-23-16)10-4-2-1-3-5-10/h1-9H,(H,21,22). The highest BCUT2D eigenvalue weighted by Crippen LogP contribution is 2.26. The Bertz CT molecular complexity index is 850. The summed E-state index contributed by atoms with van der Waals surface area (Å²) in [5.41, 5.74) is 5.00. The maximum Gasteiger partial charge on any atom is 0.203 e. The summed E-state index contributed by atoms with van der Waals surface area (Å²) < 4.78 is 13.4. The number of benzene rings is 2. The first kappa shape index (κ1) is 15.9. The Morgan fingerprint density at radius 2 is 1.91 bits per heavy atom. The van der Waals surface area contributed by atoms with E-state index in [1.54, 1.807) is 0 Å². The van der Waals surface area contributed by atoms with Crippen LogP contribution < -0.4 is 5.43 Å². The molecule has 23 heavy (non-hydrogen) atoms. The van der Waals surface area contributed by atoms with Crippen LogP contribution in [0.1, 0.15) is 5.56 Å². The largest absolute Gasteiger partial charge is 0.253 e. The predicted molar refractivity (Wildman–Crippen MR) is 95.2 cm³/mol. The van der Waals surface area contributed by atoms with Crippen molar-refractivity contribution in [3.05, 3.63) is 69.3 Å². The molecule has 0 radical (unpaired) electrons. The van der Waals surface area contributed by atoms with Crippen LogP contribution in [0.3, 0.4) is 0 Å². The topological polar surface area (TPSA) is 37.3 Å². The van der Waals surface area contributed by atoms with E-state index in [1.165, 1.54) is 29.7 Å². The molecule has 0 aliphatic heterocycles. The van der Waals surface area contributed by atoms with Crippen LogP contribution in [0.15, 0.2) is 52.9 Å². The Kier molecular flexibility index (Phi) is 4.91. The molecule has 0 saturated carbocycles. The summed E-state index contributed by atoms with van der Waals surface area (Å²) in [5.74, 6) is -0.543. The smallest absolute Gasteiger partial charge is 0.203 e. The second kappa shape index (κ2) is 7.08. The van der Waals surface area contributed by atoms with Crippen molar-refractivity contribution < 1.29 is 4.39 Å². The molecule has 0 bridgehead atoms. The van der Waals surface area contributed by atoms with Gasteiger partial charge in [-0.2, -0.15) is 5.10 Å². The summed E-state index contributed by atoms with van der Waals surface area (Å²) in [7, 11) is 0. The highest BCUT2D eigenvalue weighted by molar-refractivity contribution is 7.14. The second-order valence-electron chi connectivity index (χ2n) is 4.53. The van der Waals surface area contributed by atoms with Gasteiger partial charge >= 0.3 is 0 Å². The zero-order valence-electron chi connectivity index (χ0n) is 11.6. The van der Waals surface area contributed by atoms with Crippen molar-refractivity contribution in [2.45, 2.75) is 0 Å². The average molecular weight is 366 g/mol. The number of hydrazone groups is 1. The van der Waals surface area contributed by atoms with Crippen molar-refractivity contribution in [2.75, 3.05) is 5.43 Å². The zero-order valence-corrected chi connectivity index (χ0v) is 14.0. The number of thiazole rings is 1. The molecular formula is C16H10Cl2FN3S. The summed E-state index contributed by atoms with van der Waals surface area (Å²) in [6.07, 6.45) is 1.37. The molecule has 0 aliphatic carbocycles. The van der Waals surface area contributed by atoms with Crippen LogP contribution in [0.25, 0.3) is 11.3 Å². The molecule has 0 spiro atoms. The first-order chi connectivity index (χ1) is 11.1. The van der Waals surface area contributed by atoms with E-state index in [-0.39, 0.29) is 5.02 Å². The Hall–Kier alpha value is -1.95. The van der Waals surface area contributed by atoms with Crippen molar-refractivity contribution in [3.63, 3.8) is 0 Å². The highest BCUT2D eigenvalue weighted by atomic mass is 35.5. The molecule has 116 valence electrons. The lowest BCUT2D eigenvalue weighted by atomic mass is 10.2. The van der Waals surface area contributed by atoms with E-state index in [0.29, 0.717) is 15.7 Å². The Balaban J connectivity index is 1.75. The number of nitrogens with zero attached hydrogens (tertiary/aromatic N) is 2. The third-order valence-electron chi connectivity index (χ3n) is 3.01. The monoisotopic (exact) mass is 365 g/mol. The minimum atomic E-state index is -0.543. The molecule has 2 aromatic carbocycles. The van der Waals surface area contributed by atoms with Gasteiger partial charge in [0, 0.05) is 16.5 Å². The number of aromatic nitrogens is 1. The van der Waals surface area contributed by atoms with Gasteiger partial charge in [0.15, 0.2) is 0 Å². The van der Waals surface area contributed by atoms with Crippen LogP contribution in [0.2, 0.25) is 10.0 Å². The van der Waals surface area contributed by atoms with Gasteiger partial charge in [0.1, 0.15) is 5.82 Å². The van der Waals surface area contributed by atoms with Crippen LogP contribution in [-0.4, -0.2) is 11.2 Å². The number of hydrogen-bond donors (Lipinski definition) is 1. The van der Waals surface area contributed by atoms with Gasteiger partial charge in [0.05, 0.1) is 22.0 Å². The summed E-state index contributed by atoms with van der Waals surface area (Å²) in [5, 5.41) is 6.82. The first-order valence-corrected chi connectivity index (χ1v) is 8.22. The van der Waals surface area contributed by atoms with Crippen molar-refractivity contribution in [2.24, 2.45) is 5.10 Å². The van der Waals surface area contributed by atoms with E-state index in [0.717, 1.165) is 11.3 Å². The maximum absolute atomic E-state index is 13.4. The zero-order chi connectivity index (χ0) is 16.2. The third-order valence-corrected chi connectivity index (χ3v) is 4.47. The number of hydrogen-bond acceptors (Lipinski definition) is 4. The van der Waals surface area contributed by atoms with Gasteiger partial charge in [-0.1, -0.05) is 53.5 Å². The van der Waals surface area contributed by atoms with Crippen molar-refractivity contribution in [1.29, 1.82) is 0 Å². The minimum absolute atomic E-state index is 0.0628. The minimum Gasteiger partial charge on any atom is -0.253 e. The molecular weight excluding hydrogens is 356 g/mol. The molecule has 3 rings (SSSR count). The summed E-state index contributed by atoms with van der Waals surface area (Å²) >= 11 is 13.3. The van der Waals surface area contributed by atoms with Crippen LogP contribution in [0.4, 0.5) is 9.52 Å². The molecule has 0 fully saturated rings. The van der Waals surface area contributed by atoms with Gasteiger partial charge in [-0.25, -0.2) is 9.37 Å². The van der Waals surface area contributed by atoms with Crippen molar-refractivity contribution in [3.8, 4) is 11.3 Å². The second-order valence-corrected chi connectivity index (χ2v) is 6.17. The fourth-order valence-electron chi connectivity index (χ4n) is 1.88. The van der Waals surface area contributed by atoms with Gasteiger partial charge in [0.2, 0.25) is 5.13 Å². The van der Waals surface area contributed by atoms with E-state index < -0.39 is 5.82 Å². The van der Waals surface area contributed by atoms with Crippen molar-refractivity contribution >= 4 is 45.9 Å². The molecule has 0 atom stereocenters. The normalized spacial score (nSPS) is 11.1. The third kappa shape index (κ3) is 3.69. The molecule has 1 heterocycles. The Labute approximate surface area is 146 Å². The molecule has 3 nitrogen and oxygen atoms in total. The van der Waals surface area contributed by atoms with Crippen LogP contribution in [0, 0.1) is 5.82 Å². The number of rotatable bonds is 4. The molecule has 0 amide bonds. The number of anilines is 1. The lowest BCUT2D eigenvalue weighted by Crippen LogP contribution is -1.93. The molecule has 1 N–H and O–H groups in total. The summed E-state index contributed by atoms with van der Waals surface area (Å²) in [6, 6.07) is 12.5. The average Bonchev–Trinajstić information content (AvgIpc) is 3.04. The fourth-order valence-corrected chi connectivity index (χ4v) is 3.02. The quantitative estimate of drug-likeness (QED) is 0.365.